The molecule has 1 aromatic rings. The summed E-state index contributed by atoms with van der Waals surface area (Å²) in [5.41, 5.74) is 1.11. The number of halogens is 1. The molecule has 0 spiro atoms. The summed E-state index contributed by atoms with van der Waals surface area (Å²) in [6, 6.07) is 5.74. The van der Waals surface area contributed by atoms with Crippen molar-refractivity contribution in [3.05, 3.63) is 40.9 Å². The molecule has 2 nitrogen and oxygen atoms in total. The molecule has 94 valence electrons. The summed E-state index contributed by atoms with van der Waals surface area (Å²) in [5.74, 6) is 0.899. The van der Waals surface area contributed by atoms with Crippen molar-refractivity contribution < 1.29 is 4.74 Å². The van der Waals surface area contributed by atoms with Crippen LogP contribution in [0, 0.1) is 0 Å². The van der Waals surface area contributed by atoms with Crippen molar-refractivity contribution in [2.24, 2.45) is 0 Å². The van der Waals surface area contributed by atoms with E-state index in [4.69, 9.17) is 16.3 Å². The van der Waals surface area contributed by atoms with Crippen LogP contribution in [0.3, 0.4) is 0 Å². The fourth-order valence-electron chi connectivity index (χ4n) is 1.46. The Bertz CT molecular complexity index is 363. The summed E-state index contributed by atoms with van der Waals surface area (Å²) in [6.45, 7) is 6.52. The highest BCUT2D eigenvalue weighted by Gasteiger charge is 2.03. The first-order valence-electron chi connectivity index (χ1n) is 6.01. The van der Waals surface area contributed by atoms with Gasteiger partial charge in [0, 0.05) is 17.1 Å². The summed E-state index contributed by atoms with van der Waals surface area (Å²) in [5, 5.41) is 4.10. The maximum absolute atomic E-state index is 5.99. The Balaban J connectivity index is 2.65. The molecule has 0 aliphatic heterocycles. The molecule has 0 fully saturated rings. The van der Waals surface area contributed by atoms with Crippen LogP contribution in [0.15, 0.2) is 30.4 Å². The standard InChI is InChI=1S/C14H20ClNO/c1-3-5-9-17-14-7-6-13(15)10-12(14)11-16-8-4-2/h3,5-7,10,16H,4,8-9,11H2,1-2H3/b5-3+. The predicted octanol–water partition coefficient (Wildman–Crippen LogP) is 3.79. The number of allylic oxidation sites excluding steroid dienone is 1. The van der Waals surface area contributed by atoms with Gasteiger partial charge in [-0.05, 0) is 38.1 Å². The number of hydrogen-bond donors (Lipinski definition) is 1. The van der Waals surface area contributed by atoms with Crippen molar-refractivity contribution in [3.63, 3.8) is 0 Å². The Labute approximate surface area is 109 Å². The molecule has 0 bridgehead atoms. The lowest BCUT2D eigenvalue weighted by Crippen LogP contribution is -2.14. The first-order chi connectivity index (χ1) is 8.27. The van der Waals surface area contributed by atoms with Crippen molar-refractivity contribution in [2.45, 2.75) is 26.8 Å². The van der Waals surface area contributed by atoms with Crippen LogP contribution in [0.2, 0.25) is 5.02 Å². The van der Waals surface area contributed by atoms with Crippen LogP contribution in [0.1, 0.15) is 25.8 Å². The third-order valence-electron chi connectivity index (χ3n) is 2.34. The van der Waals surface area contributed by atoms with Crippen molar-refractivity contribution in [1.29, 1.82) is 0 Å². The minimum atomic E-state index is 0.596. The Hall–Kier alpha value is -0.990. The molecular weight excluding hydrogens is 234 g/mol. The van der Waals surface area contributed by atoms with Crippen molar-refractivity contribution in [2.75, 3.05) is 13.2 Å². The Kier molecular flexibility index (Phi) is 6.75. The molecule has 1 aromatic carbocycles. The van der Waals surface area contributed by atoms with E-state index in [1.807, 2.05) is 37.3 Å². The largest absolute Gasteiger partial charge is 0.489 e. The summed E-state index contributed by atoms with van der Waals surface area (Å²) < 4.78 is 5.68. The molecule has 0 aliphatic carbocycles. The lowest BCUT2D eigenvalue weighted by molar-refractivity contribution is 0.357. The number of ether oxygens (including phenoxy) is 1. The zero-order valence-corrected chi connectivity index (χ0v) is 11.3. The number of nitrogens with one attached hydrogen (secondary N) is 1. The van der Waals surface area contributed by atoms with E-state index in [-0.39, 0.29) is 0 Å². The molecule has 0 saturated carbocycles. The maximum atomic E-state index is 5.99. The molecule has 0 saturated heterocycles. The van der Waals surface area contributed by atoms with Gasteiger partial charge in [-0.25, -0.2) is 0 Å². The highest BCUT2D eigenvalue weighted by Crippen LogP contribution is 2.22. The van der Waals surface area contributed by atoms with E-state index in [1.54, 1.807) is 0 Å². The van der Waals surface area contributed by atoms with E-state index < -0.39 is 0 Å². The topological polar surface area (TPSA) is 21.3 Å². The van der Waals surface area contributed by atoms with Gasteiger partial charge >= 0.3 is 0 Å². The van der Waals surface area contributed by atoms with Gasteiger partial charge in [-0.3, -0.25) is 0 Å². The molecule has 0 aliphatic rings. The molecular formula is C14H20ClNO. The second-order valence-electron chi connectivity index (χ2n) is 3.81. The van der Waals surface area contributed by atoms with Crippen LogP contribution in [0.4, 0.5) is 0 Å². The van der Waals surface area contributed by atoms with Crippen LogP contribution in [-0.4, -0.2) is 13.2 Å². The summed E-state index contributed by atoms with van der Waals surface area (Å²) >= 11 is 5.99. The Morgan fingerprint density at radius 1 is 1.41 bits per heavy atom. The van der Waals surface area contributed by atoms with Gasteiger partial charge in [-0.2, -0.15) is 0 Å². The van der Waals surface area contributed by atoms with E-state index in [9.17, 15) is 0 Å². The zero-order valence-electron chi connectivity index (χ0n) is 10.5. The molecule has 0 heterocycles. The molecule has 0 unspecified atom stereocenters. The van der Waals surface area contributed by atoms with Crippen LogP contribution >= 0.6 is 11.6 Å². The maximum Gasteiger partial charge on any atom is 0.124 e. The average Bonchev–Trinajstić information content (AvgIpc) is 2.32. The van der Waals surface area contributed by atoms with Gasteiger partial charge in [-0.1, -0.05) is 30.7 Å². The van der Waals surface area contributed by atoms with Gasteiger partial charge in [0.25, 0.3) is 0 Å². The monoisotopic (exact) mass is 253 g/mol. The van der Waals surface area contributed by atoms with Gasteiger partial charge in [0.2, 0.25) is 0 Å². The molecule has 0 amide bonds. The minimum Gasteiger partial charge on any atom is -0.489 e. The fraction of sp³-hybridized carbons (Fsp3) is 0.429. The first kappa shape index (κ1) is 14.1. The predicted molar refractivity (Wildman–Crippen MR) is 73.8 cm³/mol. The molecule has 1 rings (SSSR count). The van der Waals surface area contributed by atoms with E-state index in [0.29, 0.717) is 6.61 Å². The van der Waals surface area contributed by atoms with Gasteiger partial charge in [0.05, 0.1) is 0 Å². The second kappa shape index (κ2) is 8.15. The zero-order chi connectivity index (χ0) is 12.5. The first-order valence-corrected chi connectivity index (χ1v) is 6.38. The molecule has 0 atom stereocenters. The number of benzene rings is 1. The van der Waals surface area contributed by atoms with E-state index >= 15 is 0 Å². The third-order valence-corrected chi connectivity index (χ3v) is 2.57. The van der Waals surface area contributed by atoms with E-state index in [2.05, 4.69) is 12.2 Å². The van der Waals surface area contributed by atoms with Crippen LogP contribution < -0.4 is 10.1 Å². The van der Waals surface area contributed by atoms with Crippen LogP contribution in [0.5, 0.6) is 5.75 Å². The van der Waals surface area contributed by atoms with Gasteiger partial charge in [0.1, 0.15) is 12.4 Å². The van der Waals surface area contributed by atoms with Gasteiger partial charge in [0.15, 0.2) is 0 Å². The van der Waals surface area contributed by atoms with Crippen molar-refractivity contribution in [3.8, 4) is 5.75 Å². The van der Waals surface area contributed by atoms with Crippen LogP contribution in [0.25, 0.3) is 0 Å². The van der Waals surface area contributed by atoms with Crippen LogP contribution in [-0.2, 0) is 6.54 Å². The highest BCUT2D eigenvalue weighted by atomic mass is 35.5. The Morgan fingerprint density at radius 3 is 2.94 bits per heavy atom. The van der Waals surface area contributed by atoms with Gasteiger partial charge < -0.3 is 10.1 Å². The molecule has 0 aromatic heterocycles. The number of rotatable bonds is 7. The number of hydrogen-bond acceptors (Lipinski definition) is 2. The average molecular weight is 254 g/mol. The quantitative estimate of drug-likeness (QED) is 0.590. The third kappa shape index (κ3) is 5.24. The normalized spacial score (nSPS) is 11.0. The minimum absolute atomic E-state index is 0.596. The van der Waals surface area contributed by atoms with Crippen molar-refractivity contribution >= 4 is 11.6 Å². The SMILES string of the molecule is C/C=C/COc1ccc(Cl)cc1CNCCC. The molecule has 17 heavy (non-hydrogen) atoms. The Morgan fingerprint density at radius 2 is 2.24 bits per heavy atom. The lowest BCUT2D eigenvalue weighted by Gasteiger charge is -2.11. The lowest BCUT2D eigenvalue weighted by atomic mass is 10.2. The molecule has 0 radical (unpaired) electrons. The summed E-state index contributed by atoms with van der Waals surface area (Å²) in [4.78, 5) is 0. The smallest absolute Gasteiger partial charge is 0.124 e. The summed E-state index contributed by atoms with van der Waals surface area (Å²) in [7, 11) is 0. The molecule has 1 N–H and O–H groups in total. The van der Waals surface area contributed by atoms with Crippen molar-refractivity contribution in [1.82, 2.24) is 5.32 Å². The van der Waals surface area contributed by atoms with E-state index in [0.717, 1.165) is 35.8 Å². The second-order valence-corrected chi connectivity index (χ2v) is 4.25. The molecule has 3 heteroatoms. The fourth-order valence-corrected chi connectivity index (χ4v) is 1.66. The van der Waals surface area contributed by atoms with E-state index in [1.165, 1.54) is 0 Å². The summed E-state index contributed by atoms with van der Waals surface area (Å²) in [6.07, 6.45) is 5.08. The highest BCUT2D eigenvalue weighted by molar-refractivity contribution is 6.30. The van der Waals surface area contributed by atoms with Gasteiger partial charge in [-0.15, -0.1) is 0 Å².